The number of nitrogens with zero attached hydrogens (tertiary/aromatic N) is 3. The van der Waals surface area contributed by atoms with Crippen LogP contribution in [0.1, 0.15) is 17.6 Å². The van der Waals surface area contributed by atoms with Crippen molar-refractivity contribution in [1.82, 2.24) is 25.3 Å². The zero-order valence-corrected chi connectivity index (χ0v) is 9.03. The Morgan fingerprint density at radius 3 is 3.12 bits per heavy atom. The molecule has 0 bridgehead atoms. The first-order chi connectivity index (χ1) is 7.84. The molecule has 1 aliphatic rings. The highest BCUT2D eigenvalue weighted by molar-refractivity contribution is 5.72. The topological polar surface area (TPSA) is 75.7 Å². The van der Waals surface area contributed by atoms with E-state index in [1.807, 2.05) is 6.92 Å². The minimum Gasteiger partial charge on any atom is -0.368 e. The number of morpholine rings is 1. The van der Waals surface area contributed by atoms with Crippen LogP contribution in [0.4, 0.5) is 0 Å². The maximum atomic E-state index is 5.63. The molecule has 2 N–H and O–H groups in total. The Balaban J connectivity index is 2.01. The van der Waals surface area contributed by atoms with E-state index in [-0.39, 0.29) is 6.10 Å². The summed E-state index contributed by atoms with van der Waals surface area (Å²) in [6.45, 7) is 4.32. The summed E-state index contributed by atoms with van der Waals surface area (Å²) in [6.07, 6.45) is 1.53. The smallest absolute Gasteiger partial charge is 0.161 e. The number of hydrogen-bond donors (Lipinski definition) is 2. The lowest BCUT2D eigenvalue weighted by Gasteiger charge is -2.21. The van der Waals surface area contributed by atoms with Crippen molar-refractivity contribution < 1.29 is 4.74 Å². The summed E-state index contributed by atoms with van der Waals surface area (Å²) < 4.78 is 5.63. The van der Waals surface area contributed by atoms with E-state index in [0.29, 0.717) is 6.61 Å². The van der Waals surface area contributed by atoms with Crippen LogP contribution in [0.5, 0.6) is 0 Å². The van der Waals surface area contributed by atoms with Gasteiger partial charge in [-0.1, -0.05) is 0 Å². The summed E-state index contributed by atoms with van der Waals surface area (Å²) in [5.41, 5.74) is 2.49. The lowest BCUT2D eigenvalue weighted by atomic mass is 10.3. The predicted octanol–water partition coefficient (Wildman–Crippen LogP) is 0.322. The number of nitrogens with one attached hydrogen (secondary N) is 2. The molecule has 1 fully saturated rings. The number of H-pyrrole nitrogens is 1. The van der Waals surface area contributed by atoms with E-state index in [4.69, 9.17) is 4.74 Å². The molecular formula is C10H13N5O. The molecule has 1 aliphatic heterocycles. The summed E-state index contributed by atoms with van der Waals surface area (Å²) >= 11 is 0. The maximum absolute atomic E-state index is 5.63. The molecule has 16 heavy (non-hydrogen) atoms. The van der Waals surface area contributed by atoms with Crippen molar-refractivity contribution in [2.24, 2.45) is 0 Å². The summed E-state index contributed by atoms with van der Waals surface area (Å²) in [5.74, 6) is 0.825. The molecule has 1 unspecified atom stereocenters. The van der Waals surface area contributed by atoms with Crippen molar-refractivity contribution in [1.29, 1.82) is 0 Å². The first-order valence-corrected chi connectivity index (χ1v) is 5.34. The van der Waals surface area contributed by atoms with Crippen molar-refractivity contribution in [3.8, 4) is 0 Å². The second-order valence-corrected chi connectivity index (χ2v) is 3.84. The third-order valence-electron chi connectivity index (χ3n) is 2.72. The zero-order valence-electron chi connectivity index (χ0n) is 9.03. The standard InChI is InChI=1S/C10H13N5O/c1-6-8-10(13-5-12-6)15-9(14-8)7-4-11-2-3-16-7/h5,7,11H,2-4H2,1H3,(H,12,13,14,15). The minimum atomic E-state index is -0.0117. The van der Waals surface area contributed by atoms with Gasteiger partial charge in [0.15, 0.2) is 5.65 Å². The van der Waals surface area contributed by atoms with E-state index in [1.165, 1.54) is 0 Å². The van der Waals surface area contributed by atoms with Crippen LogP contribution in [0.15, 0.2) is 6.33 Å². The molecule has 0 aromatic carbocycles. The SMILES string of the molecule is Cc1ncnc2[nH]c(C3CNCCO3)nc12. The Morgan fingerprint density at radius 2 is 2.38 bits per heavy atom. The van der Waals surface area contributed by atoms with Crippen LogP contribution in [0, 0.1) is 6.92 Å². The molecule has 3 heterocycles. The summed E-state index contributed by atoms with van der Waals surface area (Å²) in [6, 6.07) is 0. The van der Waals surface area contributed by atoms with Gasteiger partial charge in [0.25, 0.3) is 0 Å². The Morgan fingerprint density at radius 1 is 1.44 bits per heavy atom. The highest BCUT2D eigenvalue weighted by Crippen LogP contribution is 2.19. The van der Waals surface area contributed by atoms with E-state index < -0.39 is 0 Å². The lowest BCUT2D eigenvalue weighted by molar-refractivity contribution is 0.0228. The van der Waals surface area contributed by atoms with Gasteiger partial charge >= 0.3 is 0 Å². The normalized spacial score (nSPS) is 21.4. The first-order valence-electron chi connectivity index (χ1n) is 5.34. The van der Waals surface area contributed by atoms with Gasteiger partial charge in [0, 0.05) is 13.1 Å². The molecular weight excluding hydrogens is 206 g/mol. The number of rotatable bonds is 1. The van der Waals surface area contributed by atoms with Crippen molar-refractivity contribution in [2.45, 2.75) is 13.0 Å². The second kappa shape index (κ2) is 3.80. The molecule has 1 saturated heterocycles. The van der Waals surface area contributed by atoms with E-state index in [9.17, 15) is 0 Å². The Hall–Kier alpha value is -1.53. The van der Waals surface area contributed by atoms with Gasteiger partial charge in [-0.05, 0) is 6.92 Å². The Bertz CT molecular complexity index is 503. The van der Waals surface area contributed by atoms with Crippen LogP contribution in [0.25, 0.3) is 11.2 Å². The zero-order chi connectivity index (χ0) is 11.0. The van der Waals surface area contributed by atoms with Gasteiger partial charge in [0.1, 0.15) is 23.8 Å². The van der Waals surface area contributed by atoms with E-state index in [0.717, 1.165) is 35.8 Å². The summed E-state index contributed by atoms with van der Waals surface area (Å²) in [7, 11) is 0. The summed E-state index contributed by atoms with van der Waals surface area (Å²) in [5, 5.41) is 3.27. The predicted molar refractivity (Wildman–Crippen MR) is 58.0 cm³/mol. The number of ether oxygens (including phenoxy) is 1. The highest BCUT2D eigenvalue weighted by Gasteiger charge is 2.20. The molecule has 0 saturated carbocycles. The molecule has 2 aromatic rings. The van der Waals surface area contributed by atoms with Gasteiger partial charge in [-0.15, -0.1) is 0 Å². The van der Waals surface area contributed by atoms with E-state index in [2.05, 4.69) is 25.3 Å². The van der Waals surface area contributed by atoms with Crippen LogP contribution in [0.2, 0.25) is 0 Å². The second-order valence-electron chi connectivity index (χ2n) is 3.84. The molecule has 6 nitrogen and oxygen atoms in total. The molecule has 2 aromatic heterocycles. The van der Waals surface area contributed by atoms with E-state index >= 15 is 0 Å². The van der Waals surface area contributed by atoms with Crippen LogP contribution in [0.3, 0.4) is 0 Å². The van der Waals surface area contributed by atoms with Crippen LogP contribution in [-0.4, -0.2) is 39.6 Å². The first kappa shape index (κ1) is 9.68. The number of aryl methyl sites for hydroxylation is 1. The lowest BCUT2D eigenvalue weighted by Crippen LogP contribution is -2.33. The molecule has 1 atom stereocenters. The number of aromatic amines is 1. The number of fused-ring (bicyclic) bond motifs is 1. The quantitative estimate of drug-likeness (QED) is 0.722. The summed E-state index contributed by atoms with van der Waals surface area (Å²) in [4.78, 5) is 15.9. The van der Waals surface area contributed by atoms with Gasteiger partial charge < -0.3 is 15.0 Å². The van der Waals surface area contributed by atoms with Gasteiger partial charge in [-0.25, -0.2) is 15.0 Å². The monoisotopic (exact) mass is 219 g/mol. The molecule has 3 rings (SSSR count). The molecule has 6 heteroatoms. The van der Waals surface area contributed by atoms with Gasteiger partial charge in [-0.2, -0.15) is 0 Å². The average molecular weight is 219 g/mol. The fourth-order valence-electron chi connectivity index (χ4n) is 1.86. The van der Waals surface area contributed by atoms with Gasteiger partial charge in [0.05, 0.1) is 12.3 Å². The van der Waals surface area contributed by atoms with E-state index in [1.54, 1.807) is 6.33 Å². The van der Waals surface area contributed by atoms with Crippen molar-refractivity contribution >= 4 is 11.2 Å². The Labute approximate surface area is 92.5 Å². The van der Waals surface area contributed by atoms with Gasteiger partial charge in [-0.3, -0.25) is 0 Å². The third kappa shape index (κ3) is 1.56. The van der Waals surface area contributed by atoms with Crippen molar-refractivity contribution in [2.75, 3.05) is 19.7 Å². The third-order valence-corrected chi connectivity index (χ3v) is 2.72. The van der Waals surface area contributed by atoms with Crippen molar-refractivity contribution in [3.05, 3.63) is 17.8 Å². The maximum Gasteiger partial charge on any atom is 0.161 e. The molecule has 0 amide bonds. The largest absolute Gasteiger partial charge is 0.368 e. The van der Waals surface area contributed by atoms with Gasteiger partial charge in [0.2, 0.25) is 0 Å². The molecule has 0 spiro atoms. The van der Waals surface area contributed by atoms with Crippen LogP contribution >= 0.6 is 0 Å². The number of aromatic nitrogens is 4. The van der Waals surface area contributed by atoms with Crippen LogP contribution in [-0.2, 0) is 4.74 Å². The van der Waals surface area contributed by atoms with Crippen LogP contribution < -0.4 is 5.32 Å². The Kier molecular flexibility index (Phi) is 2.30. The molecule has 0 aliphatic carbocycles. The molecule has 0 radical (unpaired) electrons. The van der Waals surface area contributed by atoms with Crippen molar-refractivity contribution in [3.63, 3.8) is 0 Å². The number of hydrogen-bond acceptors (Lipinski definition) is 5. The number of imidazole rings is 1. The fraction of sp³-hybridized carbons (Fsp3) is 0.500. The minimum absolute atomic E-state index is 0.0117. The molecule has 84 valence electrons. The fourth-order valence-corrected chi connectivity index (χ4v) is 1.86. The average Bonchev–Trinajstić information content (AvgIpc) is 2.76. The highest BCUT2D eigenvalue weighted by atomic mass is 16.5.